The Labute approximate surface area is 121 Å². The highest BCUT2D eigenvalue weighted by Crippen LogP contribution is 2.40. The average Bonchev–Trinajstić information content (AvgIpc) is 2.53. The topological polar surface area (TPSA) is 78.9 Å². The van der Waals surface area contributed by atoms with Crippen molar-refractivity contribution in [2.45, 2.75) is 70.8 Å². The van der Waals surface area contributed by atoms with E-state index in [1.54, 1.807) is 0 Å². The van der Waals surface area contributed by atoms with Crippen molar-refractivity contribution in [1.82, 2.24) is 4.90 Å². The first kappa shape index (κ1) is 15.1. The van der Waals surface area contributed by atoms with Gasteiger partial charge >= 0.3 is 0 Å². The molecule has 0 aromatic heterocycles. The fourth-order valence-corrected chi connectivity index (χ4v) is 3.80. The molecular formula is C15H27N3O2. The van der Waals surface area contributed by atoms with Crippen LogP contribution in [0.5, 0.6) is 0 Å². The maximum absolute atomic E-state index is 13.1. The van der Waals surface area contributed by atoms with Gasteiger partial charge in [0.05, 0.1) is 0 Å². The van der Waals surface area contributed by atoms with Crippen LogP contribution in [-0.4, -0.2) is 34.4 Å². The van der Waals surface area contributed by atoms with Gasteiger partial charge in [0, 0.05) is 12.6 Å². The van der Waals surface area contributed by atoms with Crippen LogP contribution in [0, 0.1) is 5.41 Å². The number of amides is 1. The van der Waals surface area contributed by atoms with Crippen LogP contribution in [0.15, 0.2) is 5.16 Å². The molecule has 114 valence electrons. The zero-order valence-electron chi connectivity index (χ0n) is 12.5. The van der Waals surface area contributed by atoms with E-state index in [1.165, 1.54) is 6.42 Å². The first-order valence-electron chi connectivity index (χ1n) is 7.95. The summed E-state index contributed by atoms with van der Waals surface area (Å²) in [6.07, 6.45) is 8.84. The lowest BCUT2D eigenvalue weighted by molar-refractivity contribution is -0.144. The van der Waals surface area contributed by atoms with Gasteiger partial charge in [-0.2, -0.15) is 0 Å². The highest BCUT2D eigenvalue weighted by atomic mass is 16.4. The lowest BCUT2D eigenvalue weighted by atomic mass is 9.71. The highest BCUT2D eigenvalue weighted by molar-refractivity contribution is 6.06. The average molecular weight is 281 g/mol. The number of nitrogens with two attached hydrogens (primary N) is 1. The number of likely N-dealkylation sites (tertiary alicyclic amines) is 1. The summed E-state index contributed by atoms with van der Waals surface area (Å²) >= 11 is 0. The van der Waals surface area contributed by atoms with Crippen LogP contribution in [0.4, 0.5) is 0 Å². The Morgan fingerprint density at radius 1 is 1.30 bits per heavy atom. The molecule has 0 aromatic carbocycles. The van der Waals surface area contributed by atoms with Gasteiger partial charge in [0.15, 0.2) is 5.84 Å². The molecule has 5 heteroatoms. The van der Waals surface area contributed by atoms with Gasteiger partial charge in [-0.1, -0.05) is 31.3 Å². The maximum atomic E-state index is 13.1. The Bertz CT molecular complexity index is 375. The number of hydrogen-bond acceptors (Lipinski definition) is 3. The third kappa shape index (κ3) is 2.63. The minimum absolute atomic E-state index is 0.0963. The number of piperidine rings is 1. The van der Waals surface area contributed by atoms with Crippen LogP contribution < -0.4 is 5.73 Å². The summed E-state index contributed by atoms with van der Waals surface area (Å²) in [6.45, 7) is 2.95. The van der Waals surface area contributed by atoms with Crippen LogP contribution in [0.2, 0.25) is 0 Å². The van der Waals surface area contributed by atoms with E-state index < -0.39 is 5.41 Å². The van der Waals surface area contributed by atoms with E-state index in [0.29, 0.717) is 18.9 Å². The van der Waals surface area contributed by atoms with Gasteiger partial charge in [-0.3, -0.25) is 4.79 Å². The molecule has 1 aliphatic carbocycles. The van der Waals surface area contributed by atoms with Gasteiger partial charge in [0.25, 0.3) is 0 Å². The van der Waals surface area contributed by atoms with Crippen molar-refractivity contribution >= 4 is 11.7 Å². The Morgan fingerprint density at radius 2 is 2.00 bits per heavy atom. The second kappa shape index (κ2) is 6.46. The third-order valence-electron chi connectivity index (χ3n) is 5.07. The van der Waals surface area contributed by atoms with E-state index in [1.807, 2.05) is 4.90 Å². The summed E-state index contributed by atoms with van der Waals surface area (Å²) in [5, 5.41) is 12.3. The lowest BCUT2D eigenvalue weighted by Gasteiger charge is -2.43. The normalized spacial score (nSPS) is 27.4. The van der Waals surface area contributed by atoms with E-state index in [4.69, 9.17) is 10.9 Å². The van der Waals surface area contributed by atoms with Gasteiger partial charge in [-0.15, -0.1) is 0 Å². The molecule has 1 atom stereocenters. The Kier molecular flexibility index (Phi) is 4.89. The number of carbonyl (C=O) groups is 1. The fourth-order valence-electron chi connectivity index (χ4n) is 3.80. The molecule has 20 heavy (non-hydrogen) atoms. The summed E-state index contributed by atoms with van der Waals surface area (Å²) in [5.41, 5.74) is 5.18. The molecule has 1 amide bonds. The van der Waals surface area contributed by atoms with Crippen molar-refractivity contribution in [3.8, 4) is 0 Å². The van der Waals surface area contributed by atoms with Gasteiger partial charge in [0.2, 0.25) is 5.91 Å². The summed E-state index contributed by atoms with van der Waals surface area (Å²) in [4.78, 5) is 15.1. The number of rotatable bonds is 3. The van der Waals surface area contributed by atoms with Crippen LogP contribution in [0.25, 0.3) is 0 Å². The maximum Gasteiger partial charge on any atom is 0.236 e. The molecule has 2 fully saturated rings. The van der Waals surface area contributed by atoms with Gasteiger partial charge in [-0.05, 0) is 38.5 Å². The number of carbonyl (C=O) groups excluding carboxylic acids is 1. The number of oxime groups is 1. The molecule has 2 aliphatic rings. The molecule has 3 N–H and O–H groups in total. The molecule has 5 nitrogen and oxygen atoms in total. The SMILES string of the molecule is CCC1CCCCN1C(=O)C1(C(N)=NO)CCCCC1. The highest BCUT2D eigenvalue weighted by Gasteiger charge is 2.47. The number of amidine groups is 1. The van der Waals surface area contributed by atoms with Crippen LogP contribution in [0.1, 0.15) is 64.7 Å². The van der Waals surface area contributed by atoms with E-state index in [9.17, 15) is 4.79 Å². The van der Waals surface area contributed by atoms with E-state index in [-0.39, 0.29) is 11.7 Å². The van der Waals surface area contributed by atoms with Crippen molar-refractivity contribution in [2.24, 2.45) is 16.3 Å². The summed E-state index contributed by atoms with van der Waals surface area (Å²) in [6, 6.07) is 0.321. The van der Waals surface area contributed by atoms with Crippen molar-refractivity contribution in [2.75, 3.05) is 6.54 Å². The summed E-state index contributed by atoms with van der Waals surface area (Å²) < 4.78 is 0. The predicted molar refractivity (Wildman–Crippen MR) is 78.6 cm³/mol. The van der Waals surface area contributed by atoms with Crippen LogP contribution in [-0.2, 0) is 4.79 Å². The first-order valence-corrected chi connectivity index (χ1v) is 7.95. The Balaban J connectivity index is 2.26. The minimum atomic E-state index is -0.752. The Morgan fingerprint density at radius 3 is 2.60 bits per heavy atom. The fraction of sp³-hybridized carbons (Fsp3) is 0.867. The second-order valence-corrected chi connectivity index (χ2v) is 6.18. The predicted octanol–water partition coefficient (Wildman–Crippen LogP) is 2.47. The van der Waals surface area contributed by atoms with Crippen molar-refractivity contribution in [3.05, 3.63) is 0 Å². The van der Waals surface area contributed by atoms with Crippen molar-refractivity contribution in [3.63, 3.8) is 0 Å². The monoisotopic (exact) mass is 281 g/mol. The van der Waals surface area contributed by atoms with Crippen molar-refractivity contribution < 1.29 is 10.0 Å². The first-order chi connectivity index (χ1) is 9.65. The molecule has 0 spiro atoms. The van der Waals surface area contributed by atoms with Gasteiger partial charge < -0.3 is 15.8 Å². The zero-order valence-corrected chi connectivity index (χ0v) is 12.5. The zero-order chi connectivity index (χ0) is 14.6. The molecule has 0 aromatic rings. The molecule has 1 heterocycles. The molecule has 1 aliphatic heterocycles. The minimum Gasteiger partial charge on any atom is -0.409 e. The summed E-state index contributed by atoms with van der Waals surface area (Å²) in [7, 11) is 0. The van der Waals surface area contributed by atoms with Crippen LogP contribution in [0.3, 0.4) is 0 Å². The standard InChI is InChI=1S/C15H27N3O2/c1-2-12-8-4-7-11-18(12)14(19)15(13(16)17-20)9-5-3-6-10-15/h12,20H,2-11H2,1H3,(H2,16,17). The van der Waals surface area contributed by atoms with E-state index in [0.717, 1.165) is 45.1 Å². The number of hydrogen-bond donors (Lipinski definition) is 2. The largest absolute Gasteiger partial charge is 0.409 e. The van der Waals surface area contributed by atoms with E-state index in [2.05, 4.69) is 12.1 Å². The Hall–Kier alpha value is -1.26. The molecule has 1 saturated heterocycles. The molecule has 1 unspecified atom stereocenters. The quantitative estimate of drug-likeness (QED) is 0.361. The van der Waals surface area contributed by atoms with Gasteiger partial charge in [0.1, 0.15) is 5.41 Å². The molecule has 1 saturated carbocycles. The third-order valence-corrected chi connectivity index (χ3v) is 5.07. The number of nitrogens with zero attached hydrogens (tertiary/aromatic N) is 2. The van der Waals surface area contributed by atoms with Crippen LogP contribution >= 0.6 is 0 Å². The second-order valence-electron chi connectivity index (χ2n) is 6.18. The summed E-state index contributed by atoms with van der Waals surface area (Å²) in [5.74, 6) is 0.210. The van der Waals surface area contributed by atoms with E-state index >= 15 is 0 Å². The van der Waals surface area contributed by atoms with Gasteiger partial charge in [-0.25, -0.2) is 0 Å². The van der Waals surface area contributed by atoms with Crippen molar-refractivity contribution in [1.29, 1.82) is 0 Å². The molecule has 2 rings (SSSR count). The molecular weight excluding hydrogens is 254 g/mol. The molecule has 0 radical (unpaired) electrons. The smallest absolute Gasteiger partial charge is 0.236 e. The lowest BCUT2D eigenvalue weighted by Crippen LogP contribution is -2.56. The molecule has 0 bridgehead atoms.